The Morgan fingerprint density at radius 1 is 1.19 bits per heavy atom. The van der Waals surface area contributed by atoms with Crippen molar-refractivity contribution in [2.75, 3.05) is 0 Å². The second-order valence-electron chi connectivity index (χ2n) is 5.75. The molecule has 4 nitrogen and oxygen atoms in total. The predicted molar refractivity (Wildman–Crippen MR) is 65.6 cm³/mol. The number of nitrogens with two attached hydrogens (primary N) is 1. The number of nitrogens with one attached hydrogen (secondary N) is 1. The highest BCUT2D eigenvalue weighted by Gasteiger charge is 2.57. The van der Waals surface area contributed by atoms with Gasteiger partial charge in [-0.3, -0.25) is 10.6 Å². The monoisotopic (exact) mass is 227 g/mol. The molecule has 0 aromatic rings. The lowest BCUT2D eigenvalue weighted by atomic mass is 9.73. The van der Waals surface area contributed by atoms with E-state index in [1.807, 2.05) is 27.7 Å². The number of nitrogens with zero attached hydrogens (tertiary/aromatic N) is 1. The van der Waals surface area contributed by atoms with E-state index < -0.39 is 5.54 Å². The van der Waals surface area contributed by atoms with Crippen molar-refractivity contribution in [2.45, 2.75) is 71.0 Å². The fourth-order valence-electron chi connectivity index (χ4n) is 2.41. The summed E-state index contributed by atoms with van der Waals surface area (Å²) in [6, 6.07) is 0. The molecule has 1 aliphatic heterocycles. The maximum Gasteiger partial charge on any atom is 0.242 e. The van der Waals surface area contributed by atoms with Gasteiger partial charge >= 0.3 is 0 Å². The van der Waals surface area contributed by atoms with E-state index in [4.69, 9.17) is 5.84 Å². The molecule has 1 fully saturated rings. The van der Waals surface area contributed by atoms with Crippen molar-refractivity contribution in [1.82, 2.24) is 10.3 Å². The quantitative estimate of drug-likeness (QED) is 0.701. The number of piperazine rings is 1. The first-order chi connectivity index (χ1) is 7.15. The van der Waals surface area contributed by atoms with Gasteiger partial charge in [0.05, 0.1) is 11.1 Å². The van der Waals surface area contributed by atoms with Gasteiger partial charge in [0.2, 0.25) is 5.91 Å². The lowest BCUT2D eigenvalue weighted by molar-refractivity contribution is -0.159. The van der Waals surface area contributed by atoms with Crippen LogP contribution in [0.2, 0.25) is 0 Å². The number of carbonyl (C=O) groups excluding carboxylic acids is 1. The summed E-state index contributed by atoms with van der Waals surface area (Å²) in [4.78, 5) is 12.3. The Morgan fingerprint density at radius 2 is 1.62 bits per heavy atom. The summed E-state index contributed by atoms with van der Waals surface area (Å²) in [7, 11) is 0. The van der Waals surface area contributed by atoms with Gasteiger partial charge < -0.3 is 5.32 Å². The van der Waals surface area contributed by atoms with Crippen molar-refractivity contribution >= 4 is 5.91 Å². The topological polar surface area (TPSA) is 58.4 Å². The average molecular weight is 227 g/mol. The van der Waals surface area contributed by atoms with Gasteiger partial charge in [0, 0.05) is 0 Å². The molecule has 4 heteroatoms. The molecule has 0 aromatic heterocycles. The second kappa shape index (κ2) is 3.70. The van der Waals surface area contributed by atoms with Crippen molar-refractivity contribution in [3.05, 3.63) is 0 Å². The molecule has 0 unspecified atom stereocenters. The molecule has 3 N–H and O–H groups in total. The Hall–Kier alpha value is -0.610. The molecule has 1 heterocycles. The second-order valence-corrected chi connectivity index (χ2v) is 5.75. The van der Waals surface area contributed by atoms with Crippen LogP contribution in [0, 0.1) is 0 Å². The first-order valence-electron chi connectivity index (χ1n) is 6.03. The van der Waals surface area contributed by atoms with Crippen LogP contribution < -0.4 is 11.2 Å². The third kappa shape index (κ3) is 1.47. The van der Waals surface area contributed by atoms with E-state index >= 15 is 0 Å². The molecule has 1 aliphatic rings. The Kier molecular flexibility index (Phi) is 3.12. The summed E-state index contributed by atoms with van der Waals surface area (Å²) >= 11 is 0. The summed E-state index contributed by atoms with van der Waals surface area (Å²) in [6.07, 6.45) is 1.46. The average Bonchev–Trinajstić information content (AvgIpc) is 2.17. The molecular formula is C12H25N3O. The third-order valence-electron chi connectivity index (χ3n) is 4.61. The molecule has 1 saturated heterocycles. The van der Waals surface area contributed by atoms with Gasteiger partial charge in [-0.2, -0.15) is 0 Å². The summed E-state index contributed by atoms with van der Waals surface area (Å²) in [5.41, 5.74) is -1.17. The largest absolute Gasteiger partial charge is 0.348 e. The number of hydrogen-bond donors (Lipinski definition) is 2. The van der Waals surface area contributed by atoms with E-state index in [9.17, 15) is 4.79 Å². The first kappa shape index (κ1) is 13.5. The fraction of sp³-hybridized carbons (Fsp3) is 0.917. The molecule has 94 valence electrons. The normalized spacial score (nSPS) is 27.6. The van der Waals surface area contributed by atoms with Crippen LogP contribution in [-0.2, 0) is 4.79 Å². The van der Waals surface area contributed by atoms with Gasteiger partial charge in [-0.15, -0.1) is 0 Å². The molecule has 0 saturated carbocycles. The van der Waals surface area contributed by atoms with E-state index in [-0.39, 0.29) is 17.0 Å². The maximum atomic E-state index is 12.3. The minimum absolute atomic E-state index is 0.0457. The molecule has 16 heavy (non-hydrogen) atoms. The fourth-order valence-corrected chi connectivity index (χ4v) is 2.41. The zero-order valence-corrected chi connectivity index (χ0v) is 11.3. The van der Waals surface area contributed by atoms with Crippen LogP contribution in [0.3, 0.4) is 0 Å². The van der Waals surface area contributed by atoms with E-state index in [1.54, 1.807) is 5.01 Å². The Balaban J connectivity index is 3.25. The highest BCUT2D eigenvalue weighted by molar-refractivity contribution is 5.88. The van der Waals surface area contributed by atoms with Crippen LogP contribution in [-0.4, -0.2) is 27.5 Å². The van der Waals surface area contributed by atoms with Crippen molar-refractivity contribution < 1.29 is 4.79 Å². The molecule has 0 radical (unpaired) electrons. The smallest absolute Gasteiger partial charge is 0.242 e. The number of hydrogen-bond acceptors (Lipinski definition) is 3. The van der Waals surface area contributed by atoms with Crippen LogP contribution >= 0.6 is 0 Å². The summed E-state index contributed by atoms with van der Waals surface area (Å²) in [5.74, 6) is 6.30. The minimum Gasteiger partial charge on any atom is -0.348 e. The number of rotatable bonds is 2. The Labute approximate surface area is 98.5 Å². The predicted octanol–water partition coefficient (Wildman–Crippen LogP) is 1.41. The van der Waals surface area contributed by atoms with Crippen molar-refractivity contribution in [3.63, 3.8) is 0 Å². The van der Waals surface area contributed by atoms with Crippen molar-refractivity contribution in [1.29, 1.82) is 0 Å². The maximum absolute atomic E-state index is 12.3. The van der Waals surface area contributed by atoms with E-state index in [1.165, 1.54) is 0 Å². The van der Waals surface area contributed by atoms with Gasteiger partial charge in [0.25, 0.3) is 0 Å². The van der Waals surface area contributed by atoms with Gasteiger partial charge in [-0.25, -0.2) is 5.01 Å². The Morgan fingerprint density at radius 3 is 2.00 bits per heavy atom. The van der Waals surface area contributed by atoms with Crippen LogP contribution in [0.25, 0.3) is 0 Å². The first-order valence-corrected chi connectivity index (χ1v) is 6.03. The molecular weight excluding hydrogens is 202 g/mol. The van der Waals surface area contributed by atoms with Gasteiger partial charge in [0.1, 0.15) is 5.54 Å². The minimum atomic E-state index is -0.570. The summed E-state index contributed by atoms with van der Waals surface area (Å²) < 4.78 is 0. The van der Waals surface area contributed by atoms with Crippen LogP contribution in [0.4, 0.5) is 0 Å². The van der Waals surface area contributed by atoms with Gasteiger partial charge in [-0.1, -0.05) is 13.8 Å². The van der Waals surface area contributed by atoms with Crippen molar-refractivity contribution in [2.24, 2.45) is 5.84 Å². The summed E-state index contributed by atoms with van der Waals surface area (Å²) in [5, 5.41) is 4.87. The molecule has 0 spiro atoms. The number of carbonyl (C=O) groups is 1. The highest BCUT2D eigenvalue weighted by atomic mass is 16.2. The third-order valence-corrected chi connectivity index (χ3v) is 4.61. The molecule has 0 bridgehead atoms. The molecule has 0 atom stereocenters. The van der Waals surface area contributed by atoms with E-state index in [2.05, 4.69) is 19.2 Å². The lowest BCUT2D eigenvalue weighted by Gasteiger charge is -2.59. The van der Waals surface area contributed by atoms with E-state index in [0.717, 1.165) is 12.8 Å². The van der Waals surface area contributed by atoms with Crippen LogP contribution in [0.15, 0.2) is 0 Å². The van der Waals surface area contributed by atoms with Crippen LogP contribution in [0.5, 0.6) is 0 Å². The zero-order valence-electron chi connectivity index (χ0n) is 11.3. The molecule has 0 aromatic carbocycles. The van der Waals surface area contributed by atoms with E-state index in [0.29, 0.717) is 0 Å². The molecule has 0 aliphatic carbocycles. The molecule has 1 rings (SSSR count). The lowest BCUT2D eigenvalue weighted by Crippen LogP contribution is -2.81. The SMILES string of the molecule is CCC1(CC)C(=O)NC(C)(C)C(C)(C)N1N. The van der Waals surface area contributed by atoms with Crippen LogP contribution in [0.1, 0.15) is 54.4 Å². The molecule has 1 amide bonds. The number of amides is 1. The number of hydrazine groups is 1. The zero-order chi connectivity index (χ0) is 12.8. The van der Waals surface area contributed by atoms with Gasteiger partial charge in [0.15, 0.2) is 0 Å². The Bertz CT molecular complexity index is 293. The highest BCUT2D eigenvalue weighted by Crippen LogP contribution is 2.39. The van der Waals surface area contributed by atoms with Gasteiger partial charge in [-0.05, 0) is 40.5 Å². The standard InChI is InChI=1S/C12H25N3O/c1-7-12(8-2)9(16)14-10(3,4)11(5,6)15(12)13/h7-8,13H2,1-6H3,(H,14,16). The summed E-state index contributed by atoms with van der Waals surface area (Å²) in [6.45, 7) is 12.2. The van der Waals surface area contributed by atoms with Crippen molar-refractivity contribution in [3.8, 4) is 0 Å².